The summed E-state index contributed by atoms with van der Waals surface area (Å²) in [7, 11) is 0. The van der Waals surface area contributed by atoms with Crippen molar-refractivity contribution in [3.8, 4) is 5.69 Å². The number of rotatable bonds is 5. The van der Waals surface area contributed by atoms with Crippen molar-refractivity contribution in [3.63, 3.8) is 0 Å². The van der Waals surface area contributed by atoms with E-state index in [4.69, 9.17) is 0 Å². The van der Waals surface area contributed by atoms with Gasteiger partial charge in [0.2, 0.25) is 0 Å². The van der Waals surface area contributed by atoms with Crippen molar-refractivity contribution < 1.29 is 4.79 Å². The Morgan fingerprint density at radius 1 is 1.26 bits per heavy atom. The number of nitrogens with one attached hydrogen (secondary N) is 2. The second kappa shape index (κ2) is 7.56. The van der Waals surface area contributed by atoms with Crippen LogP contribution in [0.2, 0.25) is 0 Å². The van der Waals surface area contributed by atoms with Gasteiger partial charge in [-0.05, 0) is 62.7 Å². The Labute approximate surface area is 157 Å². The molecule has 0 bridgehead atoms. The van der Waals surface area contributed by atoms with E-state index in [1.807, 2.05) is 50.6 Å². The number of aromatic nitrogens is 6. The summed E-state index contributed by atoms with van der Waals surface area (Å²) in [6.45, 7) is 10.7. The van der Waals surface area contributed by atoms with Crippen molar-refractivity contribution in [2.24, 2.45) is 0 Å². The van der Waals surface area contributed by atoms with Crippen LogP contribution in [0.4, 0.5) is 10.5 Å². The standard InChI is InChI=1S/C18H24N8O/c1-6-25-14(5)17(13(4)22-25)12(3)20-18(27)21-16-9-15(8-7-11(16)2)26-10-19-23-24-26/h7-10,12H,6H2,1-5H3,(H2,20,21,27)/t12-/m1/s1. The highest BCUT2D eigenvalue weighted by Gasteiger charge is 2.19. The maximum absolute atomic E-state index is 12.5. The highest BCUT2D eigenvalue weighted by Crippen LogP contribution is 2.22. The van der Waals surface area contributed by atoms with Gasteiger partial charge in [0.05, 0.1) is 17.4 Å². The molecule has 0 aliphatic heterocycles. The number of amides is 2. The lowest BCUT2D eigenvalue weighted by atomic mass is 10.1. The van der Waals surface area contributed by atoms with Crippen molar-refractivity contribution >= 4 is 11.7 Å². The summed E-state index contributed by atoms with van der Waals surface area (Å²) >= 11 is 0. The minimum atomic E-state index is -0.275. The van der Waals surface area contributed by atoms with E-state index in [0.29, 0.717) is 5.69 Å². The summed E-state index contributed by atoms with van der Waals surface area (Å²) < 4.78 is 3.48. The molecule has 3 aromatic rings. The van der Waals surface area contributed by atoms with Crippen molar-refractivity contribution in [1.82, 2.24) is 35.3 Å². The number of carbonyl (C=O) groups excluding carboxylic acids is 1. The number of tetrazole rings is 1. The largest absolute Gasteiger partial charge is 0.331 e. The summed E-state index contributed by atoms with van der Waals surface area (Å²) in [6, 6.07) is 5.20. The molecule has 0 saturated carbocycles. The van der Waals surface area contributed by atoms with Crippen molar-refractivity contribution in [1.29, 1.82) is 0 Å². The van der Waals surface area contributed by atoms with Crippen LogP contribution in [0.25, 0.3) is 5.69 Å². The van der Waals surface area contributed by atoms with Gasteiger partial charge in [-0.15, -0.1) is 5.10 Å². The van der Waals surface area contributed by atoms with E-state index in [0.717, 1.165) is 34.7 Å². The fourth-order valence-corrected chi connectivity index (χ4v) is 3.24. The van der Waals surface area contributed by atoms with E-state index in [2.05, 4.69) is 38.2 Å². The minimum absolute atomic E-state index is 0.159. The average molecular weight is 368 g/mol. The molecule has 0 unspecified atom stereocenters. The molecule has 2 aromatic heterocycles. The lowest BCUT2D eigenvalue weighted by Crippen LogP contribution is -2.32. The Hall–Kier alpha value is -3.23. The first-order valence-corrected chi connectivity index (χ1v) is 8.86. The van der Waals surface area contributed by atoms with Gasteiger partial charge in [-0.3, -0.25) is 4.68 Å². The fourth-order valence-electron chi connectivity index (χ4n) is 3.24. The molecule has 3 rings (SSSR count). The fraction of sp³-hybridized carbons (Fsp3) is 0.389. The molecule has 1 atom stereocenters. The summed E-state index contributed by atoms with van der Waals surface area (Å²) in [5.74, 6) is 0. The van der Waals surface area contributed by atoms with E-state index in [1.54, 1.807) is 0 Å². The molecule has 142 valence electrons. The molecule has 0 saturated heterocycles. The van der Waals surface area contributed by atoms with Crippen LogP contribution in [0.1, 0.15) is 42.4 Å². The van der Waals surface area contributed by atoms with Crippen LogP contribution in [-0.4, -0.2) is 36.0 Å². The smallest absolute Gasteiger partial charge is 0.319 e. The van der Waals surface area contributed by atoms with E-state index >= 15 is 0 Å². The molecule has 9 nitrogen and oxygen atoms in total. The number of carbonyl (C=O) groups is 1. The normalized spacial score (nSPS) is 12.0. The molecule has 27 heavy (non-hydrogen) atoms. The molecule has 0 radical (unpaired) electrons. The zero-order chi connectivity index (χ0) is 19.6. The Morgan fingerprint density at radius 3 is 2.67 bits per heavy atom. The number of anilines is 1. The third-order valence-electron chi connectivity index (χ3n) is 4.60. The topological polar surface area (TPSA) is 103 Å². The molecular weight excluding hydrogens is 344 g/mol. The molecule has 2 amide bonds. The zero-order valence-corrected chi connectivity index (χ0v) is 16.2. The highest BCUT2D eigenvalue weighted by atomic mass is 16.2. The molecule has 2 heterocycles. The molecule has 9 heteroatoms. The van der Waals surface area contributed by atoms with Gasteiger partial charge in [0.15, 0.2) is 0 Å². The SMILES string of the molecule is CCn1nc(C)c([C@@H](C)NC(=O)Nc2cc(-n3cnnn3)ccc2C)c1C. The third-order valence-corrected chi connectivity index (χ3v) is 4.60. The summed E-state index contributed by atoms with van der Waals surface area (Å²) in [5.41, 5.74) is 5.46. The molecule has 2 N–H and O–H groups in total. The molecule has 0 spiro atoms. The summed E-state index contributed by atoms with van der Waals surface area (Å²) in [6.07, 6.45) is 1.51. The predicted octanol–water partition coefficient (Wildman–Crippen LogP) is 2.69. The quantitative estimate of drug-likeness (QED) is 0.721. The Balaban J connectivity index is 1.74. The van der Waals surface area contributed by atoms with Crippen molar-refractivity contribution in [2.45, 2.75) is 47.2 Å². The number of hydrogen-bond acceptors (Lipinski definition) is 5. The number of aryl methyl sites for hydroxylation is 3. The first-order chi connectivity index (χ1) is 12.9. The van der Waals surface area contributed by atoms with Crippen LogP contribution in [0.5, 0.6) is 0 Å². The number of nitrogens with zero attached hydrogens (tertiary/aromatic N) is 6. The molecule has 0 aliphatic carbocycles. The van der Waals surface area contributed by atoms with E-state index in [1.165, 1.54) is 11.0 Å². The minimum Gasteiger partial charge on any atom is -0.331 e. The van der Waals surface area contributed by atoms with Crippen molar-refractivity contribution in [3.05, 3.63) is 47.0 Å². The second-order valence-electron chi connectivity index (χ2n) is 6.47. The molecule has 0 fully saturated rings. The van der Waals surface area contributed by atoms with Gasteiger partial charge >= 0.3 is 6.03 Å². The van der Waals surface area contributed by atoms with Crippen LogP contribution in [0, 0.1) is 20.8 Å². The van der Waals surface area contributed by atoms with Crippen LogP contribution in [0.3, 0.4) is 0 Å². The third kappa shape index (κ3) is 3.81. The lowest BCUT2D eigenvalue weighted by Gasteiger charge is -2.17. The Bertz CT molecular complexity index is 945. The Kier molecular flexibility index (Phi) is 5.20. The van der Waals surface area contributed by atoms with Gasteiger partial charge in [0.1, 0.15) is 6.33 Å². The predicted molar refractivity (Wildman–Crippen MR) is 102 cm³/mol. The van der Waals surface area contributed by atoms with Gasteiger partial charge in [0.25, 0.3) is 0 Å². The number of hydrogen-bond donors (Lipinski definition) is 2. The number of benzene rings is 1. The van der Waals surface area contributed by atoms with E-state index in [-0.39, 0.29) is 12.1 Å². The second-order valence-corrected chi connectivity index (χ2v) is 6.47. The molecule has 0 aliphatic rings. The maximum atomic E-state index is 12.5. The Morgan fingerprint density at radius 2 is 2.04 bits per heavy atom. The molecular formula is C18H24N8O. The molecule has 1 aromatic carbocycles. The first-order valence-electron chi connectivity index (χ1n) is 8.86. The van der Waals surface area contributed by atoms with Crippen LogP contribution >= 0.6 is 0 Å². The van der Waals surface area contributed by atoms with Crippen LogP contribution in [-0.2, 0) is 6.54 Å². The lowest BCUT2D eigenvalue weighted by molar-refractivity contribution is 0.249. The summed E-state index contributed by atoms with van der Waals surface area (Å²) in [5, 5.41) is 21.6. The number of urea groups is 1. The first kappa shape index (κ1) is 18.6. The summed E-state index contributed by atoms with van der Waals surface area (Å²) in [4.78, 5) is 12.5. The van der Waals surface area contributed by atoms with Crippen LogP contribution < -0.4 is 10.6 Å². The zero-order valence-electron chi connectivity index (χ0n) is 16.2. The van der Waals surface area contributed by atoms with Gasteiger partial charge in [-0.25, -0.2) is 9.48 Å². The van der Waals surface area contributed by atoms with Gasteiger partial charge in [-0.2, -0.15) is 5.10 Å². The average Bonchev–Trinajstić information content (AvgIpc) is 3.24. The van der Waals surface area contributed by atoms with E-state index in [9.17, 15) is 4.79 Å². The van der Waals surface area contributed by atoms with Gasteiger partial charge < -0.3 is 10.6 Å². The van der Waals surface area contributed by atoms with Gasteiger partial charge in [0, 0.05) is 23.5 Å². The van der Waals surface area contributed by atoms with E-state index < -0.39 is 0 Å². The van der Waals surface area contributed by atoms with Gasteiger partial charge in [-0.1, -0.05) is 6.07 Å². The van der Waals surface area contributed by atoms with Crippen LogP contribution in [0.15, 0.2) is 24.5 Å². The maximum Gasteiger partial charge on any atom is 0.319 e. The highest BCUT2D eigenvalue weighted by molar-refractivity contribution is 5.90. The monoisotopic (exact) mass is 368 g/mol. The van der Waals surface area contributed by atoms with Crippen molar-refractivity contribution in [2.75, 3.05) is 5.32 Å².